The number of amides is 1. The van der Waals surface area contributed by atoms with Crippen LogP contribution in [0.3, 0.4) is 0 Å². The summed E-state index contributed by atoms with van der Waals surface area (Å²) in [5.74, 6) is -0.0154. The summed E-state index contributed by atoms with van der Waals surface area (Å²) in [6.07, 6.45) is 3.79. The molecular formula is C16H18Cl2N4O3S. The molecule has 0 aliphatic carbocycles. The number of aryl methyl sites for hydroxylation is 1. The minimum absolute atomic E-state index is 0.00914. The standard InChI is InChI=1S/C16H18Cl2N4O3S/c17-13-3-1-4-14(16(13)18)26(24,25)22-11-9-20(10-12-22)15(23)5-8-21-7-2-6-19-21/h1-4,6-7H,5,8-12H2. The van der Waals surface area contributed by atoms with Gasteiger partial charge in [0, 0.05) is 51.5 Å². The molecule has 7 nitrogen and oxygen atoms in total. The van der Waals surface area contributed by atoms with Crippen molar-refractivity contribution in [2.24, 2.45) is 0 Å². The summed E-state index contributed by atoms with van der Waals surface area (Å²) in [4.78, 5) is 14.0. The maximum Gasteiger partial charge on any atom is 0.244 e. The van der Waals surface area contributed by atoms with Gasteiger partial charge in [-0.15, -0.1) is 0 Å². The molecule has 1 aromatic carbocycles. The number of hydrogen-bond donors (Lipinski definition) is 0. The maximum absolute atomic E-state index is 12.8. The summed E-state index contributed by atoms with van der Waals surface area (Å²) in [6.45, 7) is 1.63. The molecule has 10 heteroatoms. The van der Waals surface area contributed by atoms with Gasteiger partial charge in [0.05, 0.1) is 10.0 Å². The number of carbonyl (C=O) groups is 1. The Morgan fingerprint density at radius 2 is 1.85 bits per heavy atom. The van der Waals surface area contributed by atoms with Crippen LogP contribution in [0.2, 0.25) is 10.0 Å². The van der Waals surface area contributed by atoms with Crippen LogP contribution < -0.4 is 0 Å². The van der Waals surface area contributed by atoms with Gasteiger partial charge in [-0.3, -0.25) is 9.48 Å². The van der Waals surface area contributed by atoms with Gasteiger partial charge in [-0.05, 0) is 18.2 Å². The highest BCUT2D eigenvalue weighted by atomic mass is 35.5. The first-order valence-electron chi connectivity index (χ1n) is 8.09. The quantitative estimate of drug-likeness (QED) is 0.747. The summed E-state index contributed by atoms with van der Waals surface area (Å²) in [6, 6.07) is 6.33. The van der Waals surface area contributed by atoms with Crippen molar-refractivity contribution in [3.8, 4) is 0 Å². The van der Waals surface area contributed by atoms with Crippen LogP contribution in [0.15, 0.2) is 41.6 Å². The van der Waals surface area contributed by atoms with E-state index in [1.165, 1.54) is 10.4 Å². The molecule has 0 spiro atoms. The molecule has 26 heavy (non-hydrogen) atoms. The van der Waals surface area contributed by atoms with E-state index in [1.807, 2.05) is 0 Å². The van der Waals surface area contributed by atoms with Gasteiger partial charge in [0.2, 0.25) is 15.9 Å². The third kappa shape index (κ3) is 4.03. The number of aromatic nitrogens is 2. The molecule has 1 aliphatic rings. The second kappa shape index (κ2) is 7.96. The van der Waals surface area contributed by atoms with E-state index >= 15 is 0 Å². The second-order valence-electron chi connectivity index (χ2n) is 5.86. The number of benzene rings is 1. The van der Waals surface area contributed by atoms with E-state index in [0.29, 0.717) is 26.1 Å². The normalized spacial score (nSPS) is 16.0. The summed E-state index contributed by atoms with van der Waals surface area (Å²) in [7, 11) is -3.75. The Kier molecular flexibility index (Phi) is 5.86. The van der Waals surface area contributed by atoms with Crippen LogP contribution in [0.1, 0.15) is 6.42 Å². The summed E-state index contributed by atoms with van der Waals surface area (Å²) < 4.78 is 28.6. The Labute approximate surface area is 162 Å². The molecule has 0 N–H and O–H groups in total. The van der Waals surface area contributed by atoms with E-state index in [2.05, 4.69) is 5.10 Å². The van der Waals surface area contributed by atoms with Crippen molar-refractivity contribution < 1.29 is 13.2 Å². The lowest BCUT2D eigenvalue weighted by Gasteiger charge is -2.34. The fraction of sp³-hybridized carbons (Fsp3) is 0.375. The van der Waals surface area contributed by atoms with Gasteiger partial charge in [0.15, 0.2) is 0 Å². The van der Waals surface area contributed by atoms with Crippen molar-refractivity contribution in [3.63, 3.8) is 0 Å². The number of sulfonamides is 1. The van der Waals surface area contributed by atoms with Gasteiger partial charge >= 0.3 is 0 Å². The van der Waals surface area contributed by atoms with Crippen LogP contribution in [-0.2, 0) is 21.4 Å². The molecule has 1 aliphatic heterocycles. The van der Waals surface area contributed by atoms with Crippen LogP contribution in [0.5, 0.6) is 0 Å². The third-order valence-electron chi connectivity index (χ3n) is 4.24. The minimum atomic E-state index is -3.75. The number of rotatable bonds is 5. The lowest BCUT2D eigenvalue weighted by atomic mass is 10.3. The molecule has 0 atom stereocenters. The molecule has 0 unspecified atom stereocenters. The van der Waals surface area contributed by atoms with Gasteiger partial charge in [0.25, 0.3) is 0 Å². The first kappa shape index (κ1) is 19.2. The largest absolute Gasteiger partial charge is 0.340 e. The van der Waals surface area contributed by atoms with Crippen molar-refractivity contribution in [3.05, 3.63) is 46.7 Å². The lowest BCUT2D eigenvalue weighted by Crippen LogP contribution is -2.50. The smallest absolute Gasteiger partial charge is 0.244 e. The van der Waals surface area contributed by atoms with E-state index in [0.717, 1.165) is 0 Å². The first-order valence-corrected chi connectivity index (χ1v) is 10.3. The molecule has 1 fully saturated rings. The molecule has 0 bridgehead atoms. The SMILES string of the molecule is O=C(CCn1cccn1)N1CCN(S(=O)(=O)c2cccc(Cl)c2Cl)CC1. The average Bonchev–Trinajstić information content (AvgIpc) is 3.15. The number of piperazine rings is 1. The zero-order valence-electron chi connectivity index (χ0n) is 13.9. The molecule has 140 valence electrons. The number of hydrogen-bond acceptors (Lipinski definition) is 4. The first-order chi connectivity index (χ1) is 12.4. The highest BCUT2D eigenvalue weighted by molar-refractivity contribution is 7.89. The Hall–Kier alpha value is -1.61. The summed E-state index contributed by atoms with van der Waals surface area (Å²) in [5.41, 5.74) is 0. The lowest BCUT2D eigenvalue weighted by molar-refractivity contribution is -0.132. The predicted octanol–water partition coefficient (Wildman–Crippen LogP) is 2.11. The van der Waals surface area contributed by atoms with E-state index in [9.17, 15) is 13.2 Å². The van der Waals surface area contributed by atoms with Crippen LogP contribution in [0.4, 0.5) is 0 Å². The Morgan fingerprint density at radius 3 is 2.50 bits per heavy atom. The Bertz CT molecular complexity index is 879. The van der Waals surface area contributed by atoms with Crippen LogP contribution in [0.25, 0.3) is 0 Å². The minimum Gasteiger partial charge on any atom is -0.340 e. The van der Waals surface area contributed by atoms with Gasteiger partial charge in [-0.2, -0.15) is 9.40 Å². The molecule has 1 saturated heterocycles. The van der Waals surface area contributed by atoms with E-state index in [-0.39, 0.29) is 33.9 Å². The molecule has 2 aromatic rings. The van der Waals surface area contributed by atoms with Crippen molar-refractivity contribution >= 4 is 39.1 Å². The monoisotopic (exact) mass is 416 g/mol. The third-order valence-corrected chi connectivity index (χ3v) is 7.11. The second-order valence-corrected chi connectivity index (χ2v) is 8.55. The summed E-state index contributed by atoms with van der Waals surface area (Å²) >= 11 is 12.0. The summed E-state index contributed by atoms with van der Waals surface area (Å²) in [5, 5.41) is 4.28. The molecule has 1 aromatic heterocycles. The van der Waals surface area contributed by atoms with E-state index in [4.69, 9.17) is 23.2 Å². The number of carbonyl (C=O) groups excluding carboxylic acids is 1. The molecule has 2 heterocycles. The molecule has 0 radical (unpaired) electrons. The predicted molar refractivity (Wildman–Crippen MR) is 98.6 cm³/mol. The number of halogens is 2. The zero-order valence-corrected chi connectivity index (χ0v) is 16.2. The number of nitrogens with zero attached hydrogens (tertiary/aromatic N) is 4. The average molecular weight is 417 g/mol. The topological polar surface area (TPSA) is 75.5 Å². The van der Waals surface area contributed by atoms with Gasteiger partial charge < -0.3 is 4.90 Å². The fourth-order valence-electron chi connectivity index (χ4n) is 2.80. The highest BCUT2D eigenvalue weighted by Crippen LogP contribution is 2.31. The van der Waals surface area contributed by atoms with Crippen molar-refractivity contribution in [2.75, 3.05) is 26.2 Å². The van der Waals surface area contributed by atoms with E-state index in [1.54, 1.807) is 40.2 Å². The molecule has 3 rings (SSSR count). The van der Waals surface area contributed by atoms with Crippen molar-refractivity contribution in [1.82, 2.24) is 19.0 Å². The van der Waals surface area contributed by atoms with Crippen LogP contribution >= 0.6 is 23.2 Å². The maximum atomic E-state index is 12.8. The Morgan fingerprint density at radius 1 is 1.12 bits per heavy atom. The van der Waals surface area contributed by atoms with Gasteiger partial charge in [-0.1, -0.05) is 29.3 Å². The van der Waals surface area contributed by atoms with Gasteiger partial charge in [-0.25, -0.2) is 8.42 Å². The Balaban J connectivity index is 1.60. The zero-order chi connectivity index (χ0) is 18.7. The van der Waals surface area contributed by atoms with Crippen molar-refractivity contribution in [1.29, 1.82) is 0 Å². The fourth-order valence-corrected chi connectivity index (χ4v) is 4.96. The van der Waals surface area contributed by atoms with Crippen LogP contribution in [-0.4, -0.2) is 59.5 Å². The molecule has 0 saturated carbocycles. The molecular weight excluding hydrogens is 399 g/mol. The van der Waals surface area contributed by atoms with E-state index < -0.39 is 10.0 Å². The highest BCUT2D eigenvalue weighted by Gasteiger charge is 2.31. The van der Waals surface area contributed by atoms with Crippen molar-refractivity contribution in [2.45, 2.75) is 17.9 Å². The molecule has 1 amide bonds. The van der Waals surface area contributed by atoms with Gasteiger partial charge in [0.1, 0.15) is 4.90 Å². The van der Waals surface area contributed by atoms with Crippen LogP contribution in [0, 0.1) is 0 Å².